The second-order valence-electron chi connectivity index (χ2n) is 5.74. The molecule has 1 aromatic heterocycles. The van der Waals surface area contributed by atoms with Crippen molar-refractivity contribution in [3.8, 4) is 0 Å². The maximum Gasteiger partial charge on any atom is 0.257 e. The van der Waals surface area contributed by atoms with Crippen LogP contribution >= 0.6 is 0 Å². The fourth-order valence-corrected chi connectivity index (χ4v) is 3.15. The van der Waals surface area contributed by atoms with E-state index in [0.717, 1.165) is 32.6 Å². The lowest BCUT2D eigenvalue weighted by molar-refractivity contribution is 0.0693. The molecule has 0 aliphatic carbocycles. The number of carbonyl (C=O) groups excluding carboxylic acids is 1. The van der Waals surface area contributed by atoms with Crippen molar-refractivity contribution < 1.29 is 4.79 Å². The zero-order valence-electron chi connectivity index (χ0n) is 12.9. The smallest absolute Gasteiger partial charge is 0.257 e. The lowest BCUT2D eigenvalue weighted by atomic mass is 10.2. The van der Waals surface area contributed by atoms with E-state index in [2.05, 4.69) is 39.4 Å². The van der Waals surface area contributed by atoms with Crippen LogP contribution in [0.4, 0.5) is 0 Å². The van der Waals surface area contributed by atoms with Crippen LogP contribution < -0.4 is 0 Å². The zero-order valence-corrected chi connectivity index (χ0v) is 12.9. The summed E-state index contributed by atoms with van der Waals surface area (Å²) in [5, 5.41) is 6.59. The summed E-state index contributed by atoms with van der Waals surface area (Å²) >= 11 is 0. The van der Waals surface area contributed by atoms with E-state index < -0.39 is 0 Å². The molecule has 1 fully saturated rings. The highest BCUT2D eigenvalue weighted by atomic mass is 16.2. The first-order valence-electron chi connectivity index (χ1n) is 7.84. The Morgan fingerprint density at radius 3 is 2.91 bits per heavy atom. The number of carbonyl (C=O) groups is 1. The summed E-state index contributed by atoms with van der Waals surface area (Å²) in [5.74, 6) is 0.0720. The van der Waals surface area contributed by atoms with Gasteiger partial charge in [-0.1, -0.05) is 30.3 Å². The van der Waals surface area contributed by atoms with Crippen molar-refractivity contribution in [2.24, 2.45) is 0 Å². The monoisotopic (exact) mass is 298 g/mol. The maximum atomic E-state index is 12.5. The normalized spacial score (nSPS) is 18.5. The van der Waals surface area contributed by atoms with Gasteiger partial charge < -0.3 is 4.90 Å². The van der Waals surface area contributed by atoms with Crippen molar-refractivity contribution in [1.29, 1.82) is 0 Å². The Morgan fingerprint density at radius 1 is 1.41 bits per heavy atom. The standard InChI is InChI=1S/C17H22N4O/c1-2-21(17(22)15-10-18-19-11-15)16-8-9-20(13-16)12-14-6-4-3-5-7-14/h3-7,10-11,16H,2,8-9,12-13H2,1H3,(H,18,19)/t16-/m1/s1. The van der Waals surface area contributed by atoms with Crippen molar-refractivity contribution in [2.45, 2.75) is 25.9 Å². The highest BCUT2D eigenvalue weighted by molar-refractivity contribution is 5.93. The third-order valence-electron chi connectivity index (χ3n) is 4.28. The largest absolute Gasteiger partial charge is 0.335 e. The van der Waals surface area contributed by atoms with E-state index in [9.17, 15) is 4.79 Å². The molecule has 0 saturated carbocycles. The third kappa shape index (κ3) is 3.20. The van der Waals surface area contributed by atoms with Crippen LogP contribution in [0.1, 0.15) is 29.3 Å². The number of nitrogens with zero attached hydrogens (tertiary/aromatic N) is 3. The van der Waals surface area contributed by atoms with Crippen molar-refractivity contribution >= 4 is 5.91 Å². The number of aromatic nitrogens is 2. The highest BCUT2D eigenvalue weighted by Gasteiger charge is 2.30. The molecule has 22 heavy (non-hydrogen) atoms. The number of nitrogens with one attached hydrogen (secondary N) is 1. The van der Waals surface area contributed by atoms with Gasteiger partial charge in [0.2, 0.25) is 0 Å². The molecule has 2 aromatic rings. The Morgan fingerprint density at radius 2 is 2.23 bits per heavy atom. The molecule has 0 spiro atoms. The number of hydrogen-bond donors (Lipinski definition) is 1. The minimum Gasteiger partial charge on any atom is -0.335 e. The van der Waals surface area contributed by atoms with E-state index in [1.165, 1.54) is 5.56 Å². The van der Waals surface area contributed by atoms with Crippen LogP contribution in [-0.2, 0) is 6.54 Å². The number of rotatable bonds is 5. The molecule has 1 amide bonds. The van der Waals surface area contributed by atoms with E-state index in [0.29, 0.717) is 5.56 Å². The number of H-pyrrole nitrogens is 1. The molecular weight excluding hydrogens is 276 g/mol. The molecule has 5 nitrogen and oxygen atoms in total. The van der Waals surface area contributed by atoms with Gasteiger partial charge in [-0.3, -0.25) is 14.8 Å². The number of aromatic amines is 1. The van der Waals surface area contributed by atoms with Crippen LogP contribution in [0.25, 0.3) is 0 Å². The fraction of sp³-hybridized carbons (Fsp3) is 0.412. The van der Waals surface area contributed by atoms with Crippen molar-refractivity contribution in [3.63, 3.8) is 0 Å². The Labute approximate surface area is 130 Å². The number of likely N-dealkylation sites (tertiary alicyclic amines) is 1. The Hall–Kier alpha value is -2.14. The van der Waals surface area contributed by atoms with Gasteiger partial charge in [0.25, 0.3) is 5.91 Å². The first-order chi connectivity index (χ1) is 10.8. The molecule has 0 radical (unpaired) electrons. The molecule has 1 saturated heterocycles. The minimum atomic E-state index is 0.0720. The first kappa shape index (κ1) is 14.8. The molecule has 3 rings (SSSR count). The fourth-order valence-electron chi connectivity index (χ4n) is 3.15. The van der Waals surface area contributed by atoms with Crippen LogP contribution in [0.2, 0.25) is 0 Å². The summed E-state index contributed by atoms with van der Waals surface area (Å²) in [7, 11) is 0. The van der Waals surface area contributed by atoms with E-state index in [1.54, 1.807) is 12.4 Å². The van der Waals surface area contributed by atoms with E-state index >= 15 is 0 Å². The van der Waals surface area contributed by atoms with Gasteiger partial charge >= 0.3 is 0 Å². The van der Waals surface area contributed by atoms with Gasteiger partial charge in [-0.2, -0.15) is 5.10 Å². The first-order valence-corrected chi connectivity index (χ1v) is 7.84. The summed E-state index contributed by atoms with van der Waals surface area (Å²) in [6, 6.07) is 10.8. The lowest BCUT2D eigenvalue weighted by Crippen LogP contribution is -2.41. The van der Waals surface area contributed by atoms with E-state index in [4.69, 9.17) is 0 Å². The average molecular weight is 298 g/mol. The van der Waals surface area contributed by atoms with Crippen LogP contribution in [0.15, 0.2) is 42.7 Å². The molecule has 0 unspecified atom stereocenters. The van der Waals surface area contributed by atoms with Crippen LogP contribution in [0.5, 0.6) is 0 Å². The van der Waals surface area contributed by atoms with Gasteiger partial charge in [-0.15, -0.1) is 0 Å². The van der Waals surface area contributed by atoms with Gasteiger partial charge in [-0.25, -0.2) is 0 Å². The summed E-state index contributed by atoms with van der Waals surface area (Å²) in [6.07, 6.45) is 4.30. The zero-order chi connectivity index (χ0) is 15.4. The summed E-state index contributed by atoms with van der Waals surface area (Å²) < 4.78 is 0. The summed E-state index contributed by atoms with van der Waals surface area (Å²) in [5.41, 5.74) is 1.97. The topological polar surface area (TPSA) is 52.2 Å². The number of benzene rings is 1. The van der Waals surface area contributed by atoms with Gasteiger partial charge in [-0.05, 0) is 18.9 Å². The molecule has 1 aliphatic rings. The van der Waals surface area contributed by atoms with Crippen LogP contribution in [-0.4, -0.2) is 51.6 Å². The average Bonchev–Trinajstić information content (AvgIpc) is 3.21. The van der Waals surface area contributed by atoms with Crippen molar-refractivity contribution in [1.82, 2.24) is 20.0 Å². The molecule has 0 bridgehead atoms. The Kier molecular flexibility index (Phi) is 4.53. The minimum absolute atomic E-state index is 0.0720. The number of likely N-dealkylation sites (N-methyl/N-ethyl adjacent to an activating group) is 1. The molecule has 1 aliphatic heterocycles. The number of hydrogen-bond acceptors (Lipinski definition) is 3. The van der Waals surface area contributed by atoms with E-state index in [1.807, 2.05) is 17.9 Å². The van der Waals surface area contributed by atoms with Crippen LogP contribution in [0, 0.1) is 0 Å². The maximum absolute atomic E-state index is 12.5. The van der Waals surface area contributed by atoms with Gasteiger partial charge in [0, 0.05) is 38.4 Å². The predicted molar refractivity (Wildman–Crippen MR) is 85.4 cm³/mol. The summed E-state index contributed by atoms with van der Waals surface area (Å²) in [4.78, 5) is 16.9. The Balaban J connectivity index is 1.62. The molecule has 5 heteroatoms. The lowest BCUT2D eigenvalue weighted by Gasteiger charge is -2.27. The molecule has 1 N–H and O–H groups in total. The number of amides is 1. The molecule has 2 heterocycles. The van der Waals surface area contributed by atoms with Crippen molar-refractivity contribution in [3.05, 3.63) is 53.9 Å². The van der Waals surface area contributed by atoms with Gasteiger partial charge in [0.05, 0.1) is 11.8 Å². The van der Waals surface area contributed by atoms with E-state index in [-0.39, 0.29) is 11.9 Å². The van der Waals surface area contributed by atoms with Gasteiger partial charge in [0.15, 0.2) is 0 Å². The van der Waals surface area contributed by atoms with Crippen LogP contribution in [0.3, 0.4) is 0 Å². The quantitative estimate of drug-likeness (QED) is 0.920. The highest BCUT2D eigenvalue weighted by Crippen LogP contribution is 2.19. The summed E-state index contributed by atoms with van der Waals surface area (Å²) in [6.45, 7) is 5.70. The molecular formula is C17H22N4O. The molecule has 1 aromatic carbocycles. The molecule has 1 atom stereocenters. The van der Waals surface area contributed by atoms with Crippen molar-refractivity contribution in [2.75, 3.05) is 19.6 Å². The van der Waals surface area contributed by atoms with Gasteiger partial charge in [0.1, 0.15) is 0 Å². The second-order valence-corrected chi connectivity index (χ2v) is 5.74. The third-order valence-corrected chi connectivity index (χ3v) is 4.28. The SMILES string of the molecule is CCN(C(=O)c1cn[nH]c1)[C@@H]1CCN(Cc2ccccc2)C1. The second kappa shape index (κ2) is 6.75. The molecule has 116 valence electrons. The Bertz CT molecular complexity index is 596. The predicted octanol–water partition coefficient (Wildman–Crippen LogP) is 2.15.